The number of halogens is 4. The van der Waals surface area contributed by atoms with E-state index in [1.165, 1.54) is 34.3 Å². The average Bonchev–Trinajstić information content (AvgIpc) is 3.36. The molecule has 0 saturated carbocycles. The van der Waals surface area contributed by atoms with Crippen LogP contribution in [0.4, 0.5) is 19.3 Å². The minimum absolute atomic E-state index is 0.0492. The van der Waals surface area contributed by atoms with E-state index in [4.69, 9.17) is 27.9 Å². The number of hydrazine groups is 1. The molecule has 1 aliphatic heterocycles. The van der Waals surface area contributed by atoms with Crippen molar-refractivity contribution < 1.29 is 27.8 Å². The molecule has 0 atom stereocenters. The molecule has 12 nitrogen and oxygen atoms in total. The zero-order valence-electron chi connectivity index (χ0n) is 24.5. The van der Waals surface area contributed by atoms with Crippen LogP contribution in [0.1, 0.15) is 46.1 Å². The van der Waals surface area contributed by atoms with Gasteiger partial charge < -0.3 is 14.8 Å². The van der Waals surface area contributed by atoms with E-state index in [9.17, 15) is 23.6 Å². The van der Waals surface area contributed by atoms with Crippen molar-refractivity contribution in [2.45, 2.75) is 52.7 Å². The quantitative estimate of drug-likeness (QED) is 0.110. The van der Waals surface area contributed by atoms with Gasteiger partial charge in [-0.3, -0.25) is 15.1 Å². The number of hydrogen-bond donors (Lipinski definition) is 2. The first kappa shape index (κ1) is 34.1. The van der Waals surface area contributed by atoms with E-state index in [1.54, 1.807) is 57.1 Å². The summed E-state index contributed by atoms with van der Waals surface area (Å²) in [6.45, 7) is 4.42. The SMILES string of the molecule is CCN(C(=O)CCCNC(=O)OC(C)(C)C)N1CN(C(=Nc2cccc(OC(F)F)c2)NC#N)N=C1c1ccc(Cl)c(Cl)c1. The van der Waals surface area contributed by atoms with Crippen molar-refractivity contribution in [3.8, 4) is 11.9 Å². The predicted octanol–water partition coefficient (Wildman–Crippen LogP) is 5.66. The summed E-state index contributed by atoms with van der Waals surface area (Å²) in [5, 5.41) is 24.1. The number of nitrogens with zero attached hydrogens (tertiary/aromatic N) is 6. The number of carbonyl (C=O) groups excluding carboxylic acids is 2. The minimum atomic E-state index is -3.03. The molecular formula is C28H32Cl2F2N8O4. The van der Waals surface area contributed by atoms with Crippen molar-refractivity contribution in [1.29, 1.82) is 5.26 Å². The number of hydrazone groups is 1. The number of amides is 2. The monoisotopic (exact) mass is 652 g/mol. The van der Waals surface area contributed by atoms with Crippen LogP contribution < -0.4 is 15.4 Å². The smallest absolute Gasteiger partial charge is 0.407 e. The predicted molar refractivity (Wildman–Crippen MR) is 161 cm³/mol. The summed E-state index contributed by atoms with van der Waals surface area (Å²) < 4.78 is 35.1. The van der Waals surface area contributed by atoms with Gasteiger partial charge in [0, 0.05) is 31.1 Å². The molecule has 236 valence electrons. The molecule has 44 heavy (non-hydrogen) atoms. The van der Waals surface area contributed by atoms with Gasteiger partial charge in [-0.1, -0.05) is 29.3 Å². The molecule has 2 aromatic carbocycles. The number of hydrogen-bond acceptors (Lipinski definition) is 8. The minimum Gasteiger partial charge on any atom is -0.444 e. The summed E-state index contributed by atoms with van der Waals surface area (Å²) in [6, 6.07) is 10.5. The van der Waals surface area contributed by atoms with Gasteiger partial charge >= 0.3 is 12.7 Å². The van der Waals surface area contributed by atoms with Crippen LogP contribution in [-0.4, -0.2) is 70.8 Å². The van der Waals surface area contributed by atoms with E-state index in [1.807, 2.05) is 0 Å². The van der Waals surface area contributed by atoms with Crippen LogP contribution in [0.5, 0.6) is 5.75 Å². The second kappa shape index (κ2) is 15.4. The second-order valence-electron chi connectivity index (χ2n) is 10.2. The topological polar surface area (TPSA) is 135 Å². The molecule has 2 amide bonds. The molecule has 1 heterocycles. The number of nitrogens with one attached hydrogen (secondary N) is 2. The Morgan fingerprint density at radius 2 is 1.95 bits per heavy atom. The third-order valence-corrected chi connectivity index (χ3v) is 6.45. The fourth-order valence-corrected chi connectivity index (χ4v) is 4.24. The lowest BCUT2D eigenvalue weighted by atomic mass is 10.2. The zero-order valence-corrected chi connectivity index (χ0v) is 26.0. The Bertz CT molecular complexity index is 1450. The van der Waals surface area contributed by atoms with Gasteiger partial charge in [0.05, 0.1) is 15.7 Å². The zero-order chi connectivity index (χ0) is 32.4. The van der Waals surface area contributed by atoms with E-state index in [-0.39, 0.29) is 54.5 Å². The number of ether oxygens (including phenoxy) is 2. The van der Waals surface area contributed by atoms with Crippen molar-refractivity contribution in [1.82, 2.24) is 25.7 Å². The van der Waals surface area contributed by atoms with Gasteiger partial charge in [0.1, 0.15) is 18.0 Å². The lowest BCUT2D eigenvalue weighted by Gasteiger charge is -2.33. The van der Waals surface area contributed by atoms with Crippen molar-refractivity contribution in [2.24, 2.45) is 10.1 Å². The van der Waals surface area contributed by atoms with Gasteiger partial charge in [0.2, 0.25) is 11.9 Å². The number of aliphatic imine (C=N–C) groups is 1. The van der Waals surface area contributed by atoms with E-state index in [0.717, 1.165) is 0 Å². The first-order chi connectivity index (χ1) is 20.8. The Labute approximate surface area is 263 Å². The molecule has 3 rings (SSSR count). The Kier molecular flexibility index (Phi) is 11.9. The first-order valence-corrected chi connectivity index (χ1v) is 14.2. The van der Waals surface area contributed by atoms with Crippen molar-refractivity contribution in [3.05, 3.63) is 58.1 Å². The van der Waals surface area contributed by atoms with Crippen LogP contribution >= 0.6 is 23.2 Å². The third-order valence-electron chi connectivity index (χ3n) is 5.71. The molecule has 0 bridgehead atoms. The molecule has 0 fully saturated rings. The molecule has 0 spiro atoms. The molecule has 16 heteroatoms. The van der Waals surface area contributed by atoms with E-state index >= 15 is 0 Å². The first-order valence-electron chi connectivity index (χ1n) is 13.5. The van der Waals surface area contributed by atoms with Crippen LogP contribution in [0.2, 0.25) is 10.0 Å². The van der Waals surface area contributed by atoms with Crippen LogP contribution in [0.15, 0.2) is 52.6 Å². The number of amidine groups is 1. The van der Waals surface area contributed by atoms with Gasteiger partial charge in [-0.15, -0.1) is 5.10 Å². The number of guanidine groups is 1. The maximum atomic E-state index is 13.4. The number of benzene rings is 2. The third kappa shape index (κ3) is 9.85. The van der Waals surface area contributed by atoms with Gasteiger partial charge in [0.25, 0.3) is 0 Å². The summed E-state index contributed by atoms with van der Waals surface area (Å²) in [6.07, 6.45) is 1.64. The molecule has 1 aliphatic rings. The Hall–Kier alpha value is -4.35. The number of nitriles is 1. The fraction of sp³-hybridized carbons (Fsp3) is 0.393. The van der Waals surface area contributed by atoms with Crippen molar-refractivity contribution >= 4 is 52.7 Å². The lowest BCUT2D eigenvalue weighted by Crippen LogP contribution is -2.50. The molecule has 0 saturated heterocycles. The maximum Gasteiger partial charge on any atom is 0.407 e. The van der Waals surface area contributed by atoms with Crippen molar-refractivity contribution in [2.75, 3.05) is 19.8 Å². The Balaban J connectivity index is 1.88. The van der Waals surface area contributed by atoms with E-state index in [0.29, 0.717) is 22.8 Å². The van der Waals surface area contributed by atoms with Gasteiger partial charge in [0.15, 0.2) is 12.0 Å². The molecule has 0 radical (unpaired) electrons. The van der Waals surface area contributed by atoms with Crippen LogP contribution in [0.3, 0.4) is 0 Å². The molecular weight excluding hydrogens is 621 g/mol. The number of carbonyl (C=O) groups is 2. The molecule has 0 aliphatic carbocycles. The number of alkyl carbamates (subject to hydrolysis) is 1. The standard InChI is InChI=1S/C28H32Cl2F2N8O4/c1-5-39(23(41)10-7-13-34-27(42)44-28(2,3)4)40-17-38(37-24(40)18-11-12-21(29)22(30)14-18)26(35-16-33)36-19-8-6-9-20(15-19)43-25(31)32/h6,8-9,11-12,14-15,25H,5,7,10,13,17H2,1-4H3,(H,34,42)(H,35,36). The number of rotatable bonds is 10. The normalized spacial score (nSPS) is 13.4. The van der Waals surface area contributed by atoms with Gasteiger partial charge in [-0.2, -0.15) is 14.0 Å². The fourth-order valence-electron chi connectivity index (χ4n) is 3.95. The highest BCUT2D eigenvalue weighted by molar-refractivity contribution is 6.42. The largest absolute Gasteiger partial charge is 0.444 e. The molecule has 0 unspecified atom stereocenters. The summed E-state index contributed by atoms with van der Waals surface area (Å²) in [5.41, 5.74) is 0.0705. The Morgan fingerprint density at radius 1 is 1.20 bits per heavy atom. The van der Waals surface area contributed by atoms with Crippen LogP contribution in [0.25, 0.3) is 0 Å². The summed E-state index contributed by atoms with van der Waals surface area (Å²) in [5.74, 6) is -0.138. The van der Waals surface area contributed by atoms with Crippen LogP contribution in [0, 0.1) is 11.5 Å². The number of alkyl halides is 2. The Morgan fingerprint density at radius 3 is 2.59 bits per heavy atom. The average molecular weight is 654 g/mol. The molecule has 0 aromatic heterocycles. The molecule has 2 aromatic rings. The van der Waals surface area contributed by atoms with Crippen LogP contribution in [-0.2, 0) is 9.53 Å². The van der Waals surface area contributed by atoms with E-state index < -0.39 is 18.3 Å². The second-order valence-corrected chi connectivity index (χ2v) is 11.0. The highest BCUT2D eigenvalue weighted by atomic mass is 35.5. The lowest BCUT2D eigenvalue weighted by molar-refractivity contribution is -0.142. The highest BCUT2D eigenvalue weighted by Gasteiger charge is 2.33. The summed E-state index contributed by atoms with van der Waals surface area (Å²) >= 11 is 12.4. The molecule has 2 N–H and O–H groups in total. The summed E-state index contributed by atoms with van der Waals surface area (Å²) in [4.78, 5) is 29.7. The van der Waals surface area contributed by atoms with E-state index in [2.05, 4.69) is 25.5 Å². The van der Waals surface area contributed by atoms with Gasteiger partial charge in [-0.05, 0) is 64.4 Å². The van der Waals surface area contributed by atoms with Crippen molar-refractivity contribution in [3.63, 3.8) is 0 Å². The summed E-state index contributed by atoms with van der Waals surface area (Å²) in [7, 11) is 0. The maximum absolute atomic E-state index is 13.4. The van der Waals surface area contributed by atoms with Gasteiger partial charge in [-0.25, -0.2) is 19.8 Å². The highest BCUT2D eigenvalue weighted by Crippen LogP contribution is 2.27.